The van der Waals surface area contributed by atoms with E-state index in [-0.39, 0.29) is 0 Å². The highest BCUT2D eigenvalue weighted by atomic mass is 35.5. The molecule has 0 spiro atoms. The third-order valence-corrected chi connectivity index (χ3v) is 4.45. The first kappa shape index (κ1) is 13.8. The molecule has 0 bridgehead atoms. The smallest absolute Gasteiger partial charge is 0.168 e. The van der Waals surface area contributed by atoms with Gasteiger partial charge in [-0.3, -0.25) is 0 Å². The summed E-state index contributed by atoms with van der Waals surface area (Å²) in [6.45, 7) is 3.67. The van der Waals surface area contributed by atoms with Crippen LogP contribution in [-0.2, 0) is 0 Å². The molecule has 0 radical (unpaired) electrons. The Morgan fingerprint density at radius 3 is 2.15 bits per heavy atom. The number of nitrogens with zero attached hydrogens (tertiary/aromatic N) is 3. The van der Waals surface area contributed by atoms with Crippen molar-refractivity contribution in [1.82, 2.24) is 15.1 Å². The average molecular weight is 312 g/mol. The summed E-state index contributed by atoms with van der Waals surface area (Å²) >= 11 is 12.7. The van der Waals surface area contributed by atoms with Gasteiger partial charge in [0.2, 0.25) is 0 Å². The number of aryl methyl sites for hydroxylation is 2. The molecular formula is C14H15Cl2N3O. The van der Waals surface area contributed by atoms with Gasteiger partial charge in [-0.05, 0) is 32.6 Å². The van der Waals surface area contributed by atoms with Crippen LogP contribution in [0.25, 0.3) is 11.4 Å². The molecule has 0 aliphatic heterocycles. The zero-order valence-electron chi connectivity index (χ0n) is 11.4. The Kier molecular flexibility index (Phi) is 3.69. The van der Waals surface area contributed by atoms with E-state index in [1.807, 2.05) is 13.8 Å². The number of hydrogen-bond acceptors (Lipinski definition) is 4. The predicted molar refractivity (Wildman–Crippen MR) is 78.2 cm³/mol. The van der Waals surface area contributed by atoms with E-state index in [4.69, 9.17) is 27.7 Å². The minimum absolute atomic E-state index is 0.383. The Morgan fingerprint density at radius 1 is 1.05 bits per heavy atom. The largest absolute Gasteiger partial charge is 0.361 e. The van der Waals surface area contributed by atoms with Gasteiger partial charge in [-0.1, -0.05) is 41.2 Å². The summed E-state index contributed by atoms with van der Waals surface area (Å²) in [7, 11) is 0. The van der Waals surface area contributed by atoms with Crippen molar-refractivity contribution in [3.05, 3.63) is 27.3 Å². The van der Waals surface area contributed by atoms with E-state index in [1.54, 1.807) is 0 Å². The standard InChI is InChI=1S/C14H15Cl2N3O/c1-7-10(8(2)20-19-7)14-17-12(15)11(13(16)18-14)9-5-3-4-6-9/h9H,3-6H2,1-2H3. The summed E-state index contributed by atoms with van der Waals surface area (Å²) in [6, 6.07) is 0. The van der Waals surface area contributed by atoms with Gasteiger partial charge in [0.1, 0.15) is 16.1 Å². The van der Waals surface area contributed by atoms with Crippen LogP contribution in [0.4, 0.5) is 0 Å². The average Bonchev–Trinajstić information content (AvgIpc) is 2.99. The van der Waals surface area contributed by atoms with Crippen molar-refractivity contribution in [1.29, 1.82) is 0 Å². The minimum atomic E-state index is 0.383. The summed E-state index contributed by atoms with van der Waals surface area (Å²) < 4.78 is 5.14. The van der Waals surface area contributed by atoms with E-state index in [1.165, 1.54) is 12.8 Å². The van der Waals surface area contributed by atoms with Gasteiger partial charge in [-0.25, -0.2) is 9.97 Å². The monoisotopic (exact) mass is 311 g/mol. The van der Waals surface area contributed by atoms with Crippen LogP contribution in [0.15, 0.2) is 4.52 Å². The first-order chi connectivity index (χ1) is 9.58. The molecule has 1 aliphatic rings. The van der Waals surface area contributed by atoms with Crippen molar-refractivity contribution < 1.29 is 4.52 Å². The lowest BCUT2D eigenvalue weighted by Crippen LogP contribution is -2.02. The molecule has 0 N–H and O–H groups in total. The third kappa shape index (κ3) is 2.31. The molecule has 0 unspecified atom stereocenters. The summed E-state index contributed by atoms with van der Waals surface area (Å²) in [4.78, 5) is 8.83. The summed E-state index contributed by atoms with van der Waals surface area (Å²) in [6.07, 6.45) is 4.63. The van der Waals surface area contributed by atoms with Crippen LogP contribution in [0, 0.1) is 13.8 Å². The lowest BCUT2D eigenvalue weighted by molar-refractivity contribution is 0.393. The van der Waals surface area contributed by atoms with Crippen molar-refractivity contribution in [3.8, 4) is 11.4 Å². The van der Waals surface area contributed by atoms with Crippen LogP contribution in [-0.4, -0.2) is 15.1 Å². The second-order valence-electron chi connectivity index (χ2n) is 5.22. The van der Waals surface area contributed by atoms with Crippen molar-refractivity contribution >= 4 is 23.2 Å². The van der Waals surface area contributed by atoms with Gasteiger partial charge < -0.3 is 4.52 Å². The molecule has 0 saturated heterocycles. The maximum atomic E-state index is 6.35. The molecule has 20 heavy (non-hydrogen) atoms. The normalized spacial score (nSPS) is 16.0. The van der Waals surface area contributed by atoms with Crippen LogP contribution >= 0.6 is 23.2 Å². The van der Waals surface area contributed by atoms with Crippen LogP contribution in [0.5, 0.6) is 0 Å². The Bertz CT molecular complexity index is 605. The number of aromatic nitrogens is 3. The maximum Gasteiger partial charge on any atom is 0.168 e. The quantitative estimate of drug-likeness (QED) is 0.753. The zero-order chi connectivity index (χ0) is 14.3. The molecule has 0 atom stereocenters. The van der Waals surface area contributed by atoms with Gasteiger partial charge in [0.15, 0.2) is 5.82 Å². The summed E-state index contributed by atoms with van der Waals surface area (Å²) in [5, 5.41) is 4.81. The lowest BCUT2D eigenvalue weighted by Gasteiger charge is -2.13. The van der Waals surface area contributed by atoms with E-state index in [0.29, 0.717) is 27.8 Å². The topological polar surface area (TPSA) is 51.8 Å². The zero-order valence-corrected chi connectivity index (χ0v) is 12.9. The molecule has 0 amide bonds. The van der Waals surface area contributed by atoms with Gasteiger partial charge in [0, 0.05) is 5.56 Å². The van der Waals surface area contributed by atoms with E-state index >= 15 is 0 Å². The van der Waals surface area contributed by atoms with Crippen molar-refractivity contribution in [2.75, 3.05) is 0 Å². The fourth-order valence-electron chi connectivity index (χ4n) is 2.88. The Balaban J connectivity index is 2.08. The predicted octanol–water partition coefficient (Wildman–Crippen LogP) is 4.71. The van der Waals surface area contributed by atoms with Crippen molar-refractivity contribution in [2.45, 2.75) is 45.4 Å². The molecule has 2 aromatic heterocycles. The number of rotatable bonds is 2. The second-order valence-corrected chi connectivity index (χ2v) is 5.94. The summed E-state index contributed by atoms with van der Waals surface area (Å²) in [5.74, 6) is 1.54. The van der Waals surface area contributed by atoms with E-state index in [9.17, 15) is 0 Å². The fourth-order valence-corrected chi connectivity index (χ4v) is 3.58. The summed E-state index contributed by atoms with van der Waals surface area (Å²) in [5.41, 5.74) is 2.40. The lowest BCUT2D eigenvalue weighted by atomic mass is 10.0. The molecule has 1 aliphatic carbocycles. The maximum absolute atomic E-state index is 6.35. The Hall–Kier alpha value is -1.13. The van der Waals surface area contributed by atoms with Gasteiger partial charge in [-0.2, -0.15) is 0 Å². The molecule has 2 aromatic rings. The highest BCUT2D eigenvalue weighted by molar-refractivity contribution is 6.34. The van der Waals surface area contributed by atoms with Crippen molar-refractivity contribution in [3.63, 3.8) is 0 Å². The van der Waals surface area contributed by atoms with E-state index in [0.717, 1.165) is 29.7 Å². The van der Waals surface area contributed by atoms with Gasteiger partial charge in [-0.15, -0.1) is 0 Å². The molecule has 2 heterocycles. The van der Waals surface area contributed by atoms with Gasteiger partial charge in [0.25, 0.3) is 0 Å². The first-order valence-corrected chi connectivity index (χ1v) is 7.49. The molecule has 1 fully saturated rings. The minimum Gasteiger partial charge on any atom is -0.361 e. The second kappa shape index (κ2) is 5.34. The highest BCUT2D eigenvalue weighted by Gasteiger charge is 2.26. The molecular weight excluding hydrogens is 297 g/mol. The molecule has 6 heteroatoms. The molecule has 4 nitrogen and oxygen atoms in total. The van der Waals surface area contributed by atoms with Crippen LogP contribution in [0.3, 0.4) is 0 Å². The van der Waals surface area contributed by atoms with E-state index < -0.39 is 0 Å². The molecule has 1 saturated carbocycles. The van der Waals surface area contributed by atoms with Crippen LogP contribution in [0.2, 0.25) is 10.3 Å². The van der Waals surface area contributed by atoms with Crippen LogP contribution < -0.4 is 0 Å². The third-order valence-electron chi connectivity index (χ3n) is 3.87. The Labute approximate surface area is 127 Å². The molecule has 3 rings (SSSR count). The van der Waals surface area contributed by atoms with Crippen LogP contribution in [0.1, 0.15) is 48.6 Å². The fraction of sp³-hybridized carbons (Fsp3) is 0.500. The number of halogens is 2. The highest BCUT2D eigenvalue weighted by Crippen LogP contribution is 2.41. The molecule has 0 aromatic carbocycles. The number of hydrogen-bond donors (Lipinski definition) is 0. The van der Waals surface area contributed by atoms with Gasteiger partial charge >= 0.3 is 0 Å². The SMILES string of the molecule is Cc1noc(C)c1-c1nc(Cl)c(C2CCCC2)c(Cl)n1. The van der Waals surface area contributed by atoms with E-state index in [2.05, 4.69) is 15.1 Å². The molecule has 106 valence electrons. The van der Waals surface area contributed by atoms with Gasteiger partial charge in [0.05, 0.1) is 11.3 Å². The first-order valence-electron chi connectivity index (χ1n) is 6.74. The van der Waals surface area contributed by atoms with Crippen molar-refractivity contribution in [2.24, 2.45) is 0 Å². The Morgan fingerprint density at radius 2 is 1.65 bits per heavy atom.